The van der Waals surface area contributed by atoms with Gasteiger partial charge in [-0.3, -0.25) is 19.6 Å². The molecule has 53 heavy (non-hydrogen) atoms. The number of nitrogens with zero attached hydrogens (tertiary/aromatic N) is 6. The lowest BCUT2D eigenvalue weighted by Crippen LogP contribution is -2.22. The van der Waals surface area contributed by atoms with Gasteiger partial charge in [0.05, 0.1) is 17.6 Å². The number of hydrogen-bond donors (Lipinski definition) is 3. The number of aliphatic carboxylic acids is 1. The molecule has 2 saturated heterocycles. The Bertz CT molecular complexity index is 2430. The Labute approximate surface area is 307 Å². The van der Waals surface area contributed by atoms with Gasteiger partial charge in [-0.05, 0) is 110 Å². The second kappa shape index (κ2) is 14.0. The molecule has 0 bridgehead atoms. The van der Waals surface area contributed by atoms with E-state index >= 15 is 0 Å². The number of hydrogen-bond acceptors (Lipinski definition) is 10. The molecule has 0 aliphatic carbocycles. The number of carboxylic acids is 1. The molecule has 0 amide bonds. The number of aryl methyl sites for hydroxylation is 1. The van der Waals surface area contributed by atoms with Crippen LogP contribution in [0.15, 0.2) is 71.3 Å². The van der Waals surface area contributed by atoms with E-state index in [1.54, 1.807) is 0 Å². The van der Waals surface area contributed by atoms with Crippen LogP contribution in [0.4, 0.5) is 11.5 Å². The molecule has 3 N–H and O–H groups in total. The number of benzene rings is 3. The summed E-state index contributed by atoms with van der Waals surface area (Å²) in [4.78, 5) is 30.4. The normalized spacial score (nSPS) is 17.9. The number of fused-ring (bicyclic) bond motifs is 2. The molecule has 0 saturated carbocycles. The molecule has 2 atom stereocenters. The lowest BCUT2D eigenvalue weighted by Gasteiger charge is -2.17. The largest absolute Gasteiger partial charge is 0.481 e. The predicted octanol–water partition coefficient (Wildman–Crippen LogP) is 7.12. The van der Waals surface area contributed by atoms with Crippen molar-refractivity contribution in [3.8, 4) is 28.7 Å². The van der Waals surface area contributed by atoms with Crippen LogP contribution in [0.3, 0.4) is 0 Å². The molecule has 3 aromatic carbocycles. The summed E-state index contributed by atoms with van der Waals surface area (Å²) in [5, 5.41) is 34.0. The number of likely N-dealkylation sites (tertiary alicyclic amines) is 2. The highest BCUT2D eigenvalue weighted by Gasteiger charge is 2.28. The number of rotatable bonds is 9. The highest BCUT2D eigenvalue weighted by atomic mass is 16.4. The van der Waals surface area contributed by atoms with Crippen molar-refractivity contribution in [1.29, 1.82) is 5.26 Å². The van der Waals surface area contributed by atoms with Crippen LogP contribution in [0.25, 0.3) is 44.6 Å². The number of aromatic nitrogens is 3. The molecular weight excluding hydrogens is 667 g/mol. The van der Waals surface area contributed by atoms with Crippen molar-refractivity contribution in [2.75, 3.05) is 31.5 Å². The minimum atomic E-state index is -0.766. The highest BCUT2D eigenvalue weighted by Crippen LogP contribution is 2.38. The summed E-state index contributed by atoms with van der Waals surface area (Å²) in [7, 11) is 0. The summed E-state index contributed by atoms with van der Waals surface area (Å²) in [5.74, 6) is 0.000444. The SMILES string of the molecule is Cc1cc2cc(CN3CCC(O)C3)cnc2c(Nc2cccc(-c3cccc(-c4nc5cc(CN6CCC(C(=O)O)C6)cc(C#N)c5o4)c3C)c2C)n1. The van der Waals surface area contributed by atoms with Crippen LogP contribution in [-0.4, -0.2) is 73.2 Å². The first kappa shape index (κ1) is 34.4. The van der Waals surface area contributed by atoms with Gasteiger partial charge in [0.2, 0.25) is 5.89 Å². The summed E-state index contributed by atoms with van der Waals surface area (Å²) < 4.78 is 6.29. The van der Waals surface area contributed by atoms with Crippen LogP contribution < -0.4 is 5.32 Å². The number of β-amino-alcohol motifs (C(OH)–C–C–N with tert-alkyl or cyclic N) is 1. The molecule has 0 radical (unpaired) electrons. The summed E-state index contributed by atoms with van der Waals surface area (Å²) in [6, 6.07) is 22.5. The molecule has 0 spiro atoms. The third kappa shape index (κ3) is 6.84. The van der Waals surface area contributed by atoms with Gasteiger partial charge in [0.25, 0.3) is 0 Å². The van der Waals surface area contributed by atoms with Crippen molar-refractivity contribution in [3.05, 3.63) is 100 Å². The molecule has 268 valence electrons. The van der Waals surface area contributed by atoms with Crippen LogP contribution in [0, 0.1) is 38.0 Å². The lowest BCUT2D eigenvalue weighted by atomic mass is 9.93. The van der Waals surface area contributed by atoms with Gasteiger partial charge in [0.15, 0.2) is 11.4 Å². The number of aliphatic hydroxyl groups excluding tert-OH is 1. The highest BCUT2D eigenvalue weighted by molar-refractivity contribution is 5.92. The second-order valence-electron chi connectivity index (χ2n) is 14.5. The van der Waals surface area contributed by atoms with Crippen molar-refractivity contribution in [2.45, 2.75) is 52.8 Å². The Kier molecular flexibility index (Phi) is 9.12. The van der Waals surface area contributed by atoms with Crippen molar-refractivity contribution in [2.24, 2.45) is 5.92 Å². The fourth-order valence-corrected chi connectivity index (χ4v) is 7.88. The molecule has 3 aromatic heterocycles. The Morgan fingerprint density at radius 2 is 1.66 bits per heavy atom. The summed E-state index contributed by atoms with van der Waals surface area (Å²) in [5.41, 5.74) is 11.0. The Morgan fingerprint density at radius 1 is 0.925 bits per heavy atom. The molecular formula is C42H41N7O4. The standard InChI is InChI=1S/C42H41N7O4/c1-24-14-30-16-28(21-49-13-11-32(50)23-49)19-44-38(30)40(45-24)46-36-9-5-7-34(26(36)3)33-6-4-8-35(25(33)2)41-47-37-17-27(15-31(18-43)39(37)53-41)20-48-12-10-29(22-48)42(51)52/h4-9,14-17,19,29,32,50H,10-13,20-23H2,1-3H3,(H,45,46)(H,51,52). The fraction of sp³-hybridized carbons (Fsp3) is 0.310. The number of anilines is 2. The van der Waals surface area contributed by atoms with Gasteiger partial charge in [0.1, 0.15) is 17.1 Å². The van der Waals surface area contributed by atoms with E-state index in [9.17, 15) is 20.3 Å². The minimum absolute atomic E-state index is 0.257. The average Bonchev–Trinajstić information content (AvgIpc) is 3.89. The maximum Gasteiger partial charge on any atom is 0.307 e. The van der Waals surface area contributed by atoms with E-state index in [-0.39, 0.29) is 12.0 Å². The average molecular weight is 708 g/mol. The van der Waals surface area contributed by atoms with E-state index in [1.807, 2.05) is 49.5 Å². The zero-order chi connectivity index (χ0) is 36.8. The first-order chi connectivity index (χ1) is 25.6. The molecule has 2 aliphatic heterocycles. The van der Waals surface area contributed by atoms with Crippen molar-refractivity contribution in [3.63, 3.8) is 0 Å². The third-order valence-electron chi connectivity index (χ3n) is 10.6. The number of pyridine rings is 2. The van der Waals surface area contributed by atoms with Crippen molar-refractivity contribution < 1.29 is 19.4 Å². The third-order valence-corrected chi connectivity index (χ3v) is 10.6. The van der Waals surface area contributed by atoms with Crippen LogP contribution in [0.2, 0.25) is 0 Å². The van der Waals surface area contributed by atoms with E-state index in [0.29, 0.717) is 61.0 Å². The van der Waals surface area contributed by atoms with Gasteiger partial charge in [-0.2, -0.15) is 5.26 Å². The molecule has 2 fully saturated rings. The molecule has 8 rings (SSSR count). The van der Waals surface area contributed by atoms with Gasteiger partial charge >= 0.3 is 5.97 Å². The van der Waals surface area contributed by atoms with Gasteiger partial charge in [-0.1, -0.05) is 24.3 Å². The van der Waals surface area contributed by atoms with E-state index in [1.165, 1.54) is 0 Å². The Morgan fingerprint density at radius 3 is 2.42 bits per heavy atom. The summed E-state index contributed by atoms with van der Waals surface area (Å²) >= 11 is 0. The van der Waals surface area contributed by atoms with Crippen LogP contribution in [0.5, 0.6) is 0 Å². The second-order valence-corrected chi connectivity index (χ2v) is 14.5. The quantitative estimate of drug-likeness (QED) is 0.141. The first-order valence-electron chi connectivity index (χ1n) is 18.1. The molecule has 2 aliphatic rings. The number of nitrogens with one attached hydrogen (secondary N) is 1. The van der Waals surface area contributed by atoms with Crippen LogP contribution >= 0.6 is 0 Å². The molecule has 2 unspecified atom stereocenters. The number of oxazole rings is 1. The van der Waals surface area contributed by atoms with Gasteiger partial charge < -0.3 is 19.9 Å². The zero-order valence-electron chi connectivity index (χ0n) is 30.1. The van der Waals surface area contributed by atoms with Crippen LogP contribution in [-0.2, 0) is 17.9 Å². The summed E-state index contributed by atoms with van der Waals surface area (Å²) in [6.07, 6.45) is 3.08. The van der Waals surface area contributed by atoms with E-state index < -0.39 is 5.97 Å². The predicted molar refractivity (Wildman–Crippen MR) is 204 cm³/mol. The Hall–Kier alpha value is -5.67. The van der Waals surface area contributed by atoms with E-state index in [4.69, 9.17) is 19.4 Å². The van der Waals surface area contributed by atoms with E-state index in [0.717, 1.165) is 80.7 Å². The smallest absolute Gasteiger partial charge is 0.307 e. The maximum absolute atomic E-state index is 11.5. The monoisotopic (exact) mass is 707 g/mol. The van der Waals surface area contributed by atoms with Gasteiger partial charge in [0, 0.05) is 61.3 Å². The van der Waals surface area contributed by atoms with Gasteiger partial charge in [-0.15, -0.1) is 0 Å². The van der Waals surface area contributed by atoms with Crippen molar-refractivity contribution in [1.82, 2.24) is 24.8 Å². The fourth-order valence-electron chi connectivity index (χ4n) is 7.88. The van der Waals surface area contributed by atoms with Crippen molar-refractivity contribution >= 4 is 39.5 Å². The number of carboxylic acid groups (broad SMARTS) is 1. The minimum Gasteiger partial charge on any atom is -0.481 e. The number of nitriles is 1. The zero-order valence-corrected chi connectivity index (χ0v) is 30.1. The maximum atomic E-state index is 11.5. The topological polar surface area (TPSA) is 152 Å². The Balaban J connectivity index is 1.08. The molecule has 11 nitrogen and oxygen atoms in total. The first-order valence-corrected chi connectivity index (χ1v) is 18.1. The summed E-state index contributed by atoms with van der Waals surface area (Å²) in [6.45, 7) is 10.2. The number of aliphatic hydroxyl groups is 1. The molecule has 6 aromatic rings. The molecule has 11 heteroatoms. The molecule has 5 heterocycles. The lowest BCUT2D eigenvalue weighted by molar-refractivity contribution is -0.141. The number of carbonyl (C=O) groups is 1. The van der Waals surface area contributed by atoms with Crippen LogP contribution in [0.1, 0.15) is 46.4 Å². The van der Waals surface area contributed by atoms with E-state index in [2.05, 4.69) is 59.3 Å². The van der Waals surface area contributed by atoms with Gasteiger partial charge in [-0.25, -0.2) is 9.97 Å².